The minimum atomic E-state index is 0.428. The van der Waals surface area contributed by atoms with Crippen LogP contribution >= 0.6 is 0 Å². The van der Waals surface area contributed by atoms with E-state index in [1.807, 2.05) is 17.7 Å². The maximum atomic E-state index is 8.15. The van der Waals surface area contributed by atoms with Gasteiger partial charge in [-0.15, -0.1) is 0 Å². The zero-order chi connectivity index (χ0) is 7.40. The summed E-state index contributed by atoms with van der Waals surface area (Å²) in [5, 5.41) is 0. The molecule has 0 aliphatic rings. The molecule has 0 saturated heterocycles. The van der Waals surface area contributed by atoms with Gasteiger partial charge in [-0.2, -0.15) is 0 Å². The average molecular weight is 137 g/mol. The maximum Gasteiger partial charge on any atom is 0.265 e. The van der Waals surface area contributed by atoms with Crippen molar-refractivity contribution in [3.63, 3.8) is 0 Å². The smallest absolute Gasteiger partial charge is 0.265 e. The number of hydrogen-bond donors (Lipinski definition) is 0. The molecule has 10 heavy (non-hydrogen) atoms. The molecule has 52 valence electrons. The third kappa shape index (κ3) is 1.55. The first kappa shape index (κ1) is 7.24. The first-order valence-corrected chi connectivity index (χ1v) is 3.13. The second-order valence-electron chi connectivity index (χ2n) is 2.03. The molecule has 0 atom stereocenters. The maximum absolute atomic E-state index is 8.15. The lowest BCUT2D eigenvalue weighted by Gasteiger charge is -1.95. The van der Waals surface area contributed by atoms with Crippen LogP contribution in [0.4, 0.5) is 0 Å². The van der Waals surface area contributed by atoms with E-state index in [0.29, 0.717) is 13.1 Å². The molecule has 4 heteroatoms. The predicted octanol–water partition coefficient (Wildman–Crippen LogP) is -0.220. The third-order valence-corrected chi connectivity index (χ3v) is 1.36. The van der Waals surface area contributed by atoms with Crippen molar-refractivity contribution >= 4 is 0 Å². The van der Waals surface area contributed by atoms with Crippen molar-refractivity contribution in [2.75, 3.05) is 6.54 Å². The highest BCUT2D eigenvalue weighted by atomic mass is 15.2. The molecule has 0 unspecified atom stereocenters. The van der Waals surface area contributed by atoms with Gasteiger partial charge in [0.05, 0.1) is 6.54 Å². The predicted molar refractivity (Wildman–Crippen MR) is 36.1 cm³/mol. The van der Waals surface area contributed by atoms with Gasteiger partial charge >= 0.3 is 0 Å². The number of hydrogen-bond acceptors (Lipinski definition) is 1. The van der Waals surface area contributed by atoms with Crippen molar-refractivity contribution in [2.24, 2.45) is 0 Å². The van der Waals surface area contributed by atoms with Crippen LogP contribution in [-0.4, -0.2) is 16.1 Å². The molecule has 0 aliphatic carbocycles. The fraction of sp³-hybridized carbons (Fsp3) is 0.500. The zero-order valence-corrected chi connectivity index (χ0v) is 5.86. The Morgan fingerprint density at radius 3 is 3.10 bits per heavy atom. The lowest BCUT2D eigenvalue weighted by Crippen LogP contribution is -2.11. The summed E-state index contributed by atoms with van der Waals surface area (Å²) in [5.41, 5.74) is 3.00. The topological polar surface area (TPSA) is 54.2 Å². The molecule has 1 rings (SSSR count). The Hall–Kier alpha value is -0.870. The van der Waals surface area contributed by atoms with Crippen molar-refractivity contribution in [3.05, 3.63) is 18.2 Å². The fourth-order valence-corrected chi connectivity index (χ4v) is 0.792. The van der Waals surface area contributed by atoms with Crippen molar-refractivity contribution in [2.45, 2.75) is 13.5 Å². The molecule has 1 aromatic rings. The van der Waals surface area contributed by atoms with Crippen LogP contribution in [0.25, 0.3) is 0 Å². The molecule has 0 fully saturated rings. The van der Waals surface area contributed by atoms with E-state index in [9.17, 15) is 0 Å². The van der Waals surface area contributed by atoms with Crippen molar-refractivity contribution in [1.29, 1.82) is 0 Å². The second-order valence-corrected chi connectivity index (χ2v) is 2.03. The lowest BCUT2D eigenvalue weighted by atomic mass is 10.6. The summed E-state index contributed by atoms with van der Waals surface area (Å²) in [7, 11) is 0. The van der Waals surface area contributed by atoms with E-state index in [0.717, 1.165) is 5.82 Å². The first-order valence-electron chi connectivity index (χ1n) is 3.13. The highest BCUT2D eigenvalue weighted by molar-refractivity contribution is 4.88. The highest BCUT2D eigenvalue weighted by Gasteiger charge is 2.01. The van der Waals surface area contributed by atoms with Crippen LogP contribution in [0.5, 0.6) is 0 Å². The molecule has 4 nitrogen and oxygen atoms in total. The summed E-state index contributed by atoms with van der Waals surface area (Å²) in [6.07, 6.45) is 3.59. The standard InChI is InChI=1S/C6H9N4/c1-6-8-2-4-10(6)5-3-9-7/h2,4H,3,5H2,1H3/q+1. The first-order chi connectivity index (χ1) is 4.84. The van der Waals surface area contributed by atoms with Gasteiger partial charge in [-0.25, -0.2) is 4.98 Å². The van der Waals surface area contributed by atoms with Crippen LogP contribution < -0.4 is 11.3 Å². The summed E-state index contributed by atoms with van der Waals surface area (Å²) >= 11 is 0. The molecule has 1 aromatic heterocycles. The third-order valence-electron chi connectivity index (χ3n) is 1.36. The molecular formula is C6H9N4+. The van der Waals surface area contributed by atoms with Crippen molar-refractivity contribution in [1.82, 2.24) is 20.8 Å². The molecule has 0 saturated carbocycles. The number of rotatable bonds is 3. The lowest BCUT2D eigenvalue weighted by molar-refractivity contribution is 0.585. The van der Waals surface area contributed by atoms with Crippen LogP contribution in [0.2, 0.25) is 0 Å². The average Bonchev–Trinajstić information content (AvgIpc) is 2.31. The minimum Gasteiger partial charge on any atom is -0.329 e. The van der Waals surface area contributed by atoms with Gasteiger partial charge in [0.25, 0.3) is 5.84 Å². The molecule has 1 heterocycles. The van der Waals surface area contributed by atoms with E-state index in [1.165, 1.54) is 0 Å². The Bertz CT molecular complexity index is 193. The molecule has 0 amide bonds. The van der Waals surface area contributed by atoms with Crippen LogP contribution in [0.3, 0.4) is 0 Å². The Balaban J connectivity index is 2.49. The number of aromatic nitrogens is 2. The zero-order valence-electron chi connectivity index (χ0n) is 5.86. The van der Waals surface area contributed by atoms with Gasteiger partial charge in [0, 0.05) is 12.4 Å². The number of imidazole rings is 1. The van der Waals surface area contributed by atoms with Gasteiger partial charge in [0.2, 0.25) is 12.0 Å². The molecule has 4 radical (unpaired) electrons. The van der Waals surface area contributed by atoms with Crippen LogP contribution in [-0.2, 0) is 6.54 Å². The second kappa shape index (κ2) is 3.34. The molecule has 0 bridgehead atoms. The van der Waals surface area contributed by atoms with Gasteiger partial charge in [-0.1, -0.05) is 0 Å². The van der Waals surface area contributed by atoms with Gasteiger partial charge in [0.1, 0.15) is 5.82 Å². The Labute approximate surface area is 60.0 Å². The van der Waals surface area contributed by atoms with Gasteiger partial charge in [-0.3, -0.25) is 0 Å². The van der Waals surface area contributed by atoms with E-state index < -0.39 is 0 Å². The number of aryl methyl sites for hydroxylation is 1. The monoisotopic (exact) mass is 137 g/mol. The summed E-state index contributed by atoms with van der Waals surface area (Å²) < 4.78 is 1.93. The summed E-state index contributed by atoms with van der Waals surface area (Å²) in [6.45, 7) is 3.04. The van der Waals surface area contributed by atoms with E-state index in [2.05, 4.69) is 10.4 Å². The van der Waals surface area contributed by atoms with Crippen molar-refractivity contribution < 1.29 is 0 Å². The van der Waals surface area contributed by atoms with Gasteiger partial charge in [0.15, 0.2) is 0 Å². The Kier molecular flexibility index (Phi) is 2.42. The largest absolute Gasteiger partial charge is 0.329 e. The van der Waals surface area contributed by atoms with Gasteiger partial charge in [-0.05, 0) is 6.92 Å². The molecular weight excluding hydrogens is 128 g/mol. The van der Waals surface area contributed by atoms with Crippen LogP contribution in [0.15, 0.2) is 12.4 Å². The van der Waals surface area contributed by atoms with Crippen LogP contribution in [0, 0.1) is 6.92 Å². The summed E-state index contributed by atoms with van der Waals surface area (Å²) in [4.78, 5) is 4.01. The van der Waals surface area contributed by atoms with Crippen molar-refractivity contribution in [3.8, 4) is 0 Å². The molecule has 0 N–H and O–H groups in total. The van der Waals surface area contributed by atoms with E-state index in [1.54, 1.807) is 6.20 Å². The van der Waals surface area contributed by atoms with Gasteiger partial charge < -0.3 is 4.57 Å². The van der Waals surface area contributed by atoms with E-state index in [-0.39, 0.29) is 0 Å². The Morgan fingerprint density at radius 1 is 1.80 bits per heavy atom. The normalized spacial score (nSPS) is 10.2. The van der Waals surface area contributed by atoms with E-state index in [4.69, 9.17) is 5.84 Å². The molecule has 0 aromatic carbocycles. The number of nitrogens with zero attached hydrogens (tertiary/aromatic N) is 4. The summed E-state index contributed by atoms with van der Waals surface area (Å²) in [5.74, 6) is 9.10. The summed E-state index contributed by atoms with van der Waals surface area (Å²) in [6, 6.07) is 0. The quantitative estimate of drug-likeness (QED) is 0.531. The van der Waals surface area contributed by atoms with E-state index >= 15 is 0 Å². The SMILES string of the molecule is Cc1nccn1CC[N+][N]. The highest BCUT2D eigenvalue weighted by Crippen LogP contribution is 1.92. The van der Waals surface area contributed by atoms with Crippen LogP contribution in [0.1, 0.15) is 5.82 Å². The Morgan fingerprint density at radius 2 is 2.60 bits per heavy atom. The fourth-order valence-electron chi connectivity index (χ4n) is 0.792. The molecule has 0 spiro atoms. The molecule has 0 aliphatic heterocycles. The minimum absolute atomic E-state index is 0.428.